The molecule has 0 spiro atoms. The Labute approximate surface area is 108 Å². The summed E-state index contributed by atoms with van der Waals surface area (Å²) in [7, 11) is 1.90. The summed E-state index contributed by atoms with van der Waals surface area (Å²) in [6.45, 7) is 2.88. The highest BCUT2D eigenvalue weighted by Crippen LogP contribution is 2.22. The minimum Gasteiger partial charge on any atom is -0.457 e. The van der Waals surface area contributed by atoms with E-state index >= 15 is 0 Å². The maximum Gasteiger partial charge on any atom is 0.130 e. The van der Waals surface area contributed by atoms with E-state index in [0.717, 1.165) is 30.2 Å². The predicted octanol–water partition coefficient (Wildman–Crippen LogP) is 3.16. The fraction of sp³-hybridized carbons (Fsp3) is 0.267. The van der Waals surface area contributed by atoms with Crippen molar-refractivity contribution in [3.05, 3.63) is 53.9 Å². The van der Waals surface area contributed by atoms with Crippen molar-refractivity contribution in [1.82, 2.24) is 10.3 Å². The number of pyridine rings is 1. The third-order valence-electron chi connectivity index (χ3n) is 2.69. The minimum absolute atomic E-state index is 0.742. The van der Waals surface area contributed by atoms with E-state index in [1.165, 1.54) is 5.56 Å². The Morgan fingerprint density at radius 3 is 2.78 bits per heavy atom. The topological polar surface area (TPSA) is 34.1 Å². The van der Waals surface area contributed by atoms with Crippen LogP contribution < -0.4 is 10.1 Å². The Morgan fingerprint density at radius 1 is 1.17 bits per heavy atom. The first-order chi connectivity index (χ1) is 8.81. The summed E-state index contributed by atoms with van der Waals surface area (Å²) in [5, 5.41) is 3.08. The number of ether oxygens (including phenoxy) is 1. The molecule has 1 N–H and O–H groups in total. The quantitative estimate of drug-likeness (QED) is 0.874. The second-order valence-electron chi connectivity index (χ2n) is 4.12. The van der Waals surface area contributed by atoms with Gasteiger partial charge in [0.2, 0.25) is 0 Å². The first kappa shape index (κ1) is 12.6. The molecule has 0 radical (unpaired) electrons. The van der Waals surface area contributed by atoms with E-state index in [9.17, 15) is 0 Å². The van der Waals surface area contributed by atoms with E-state index in [1.807, 2.05) is 31.3 Å². The number of aromatic nitrogens is 1. The number of rotatable bonds is 5. The van der Waals surface area contributed by atoms with E-state index in [1.54, 1.807) is 6.20 Å². The molecule has 3 nitrogen and oxygen atoms in total. The Morgan fingerprint density at radius 2 is 2.00 bits per heavy atom. The average molecular weight is 242 g/mol. The molecule has 0 aliphatic heterocycles. The van der Waals surface area contributed by atoms with Crippen molar-refractivity contribution in [1.29, 1.82) is 0 Å². The van der Waals surface area contributed by atoms with Gasteiger partial charge < -0.3 is 10.1 Å². The minimum atomic E-state index is 0.742. The van der Waals surface area contributed by atoms with Gasteiger partial charge in [-0.3, -0.25) is 4.98 Å². The maximum absolute atomic E-state index is 5.84. The van der Waals surface area contributed by atoms with Gasteiger partial charge in [-0.25, -0.2) is 0 Å². The van der Waals surface area contributed by atoms with E-state index in [-0.39, 0.29) is 0 Å². The molecule has 18 heavy (non-hydrogen) atoms. The molecule has 0 aliphatic carbocycles. The normalized spacial score (nSPS) is 10.3. The van der Waals surface area contributed by atoms with Crippen LogP contribution in [0.1, 0.15) is 18.2 Å². The fourth-order valence-corrected chi connectivity index (χ4v) is 1.76. The lowest BCUT2D eigenvalue weighted by atomic mass is 10.2. The lowest BCUT2D eigenvalue weighted by Gasteiger charge is -2.08. The molecule has 0 saturated carbocycles. The summed E-state index contributed by atoms with van der Waals surface area (Å²) in [4.78, 5) is 4.26. The van der Waals surface area contributed by atoms with Crippen molar-refractivity contribution in [2.45, 2.75) is 19.9 Å². The molecule has 0 bridgehead atoms. The smallest absolute Gasteiger partial charge is 0.130 e. The predicted molar refractivity (Wildman–Crippen MR) is 72.9 cm³/mol. The van der Waals surface area contributed by atoms with Gasteiger partial charge in [0.15, 0.2) is 0 Å². The largest absolute Gasteiger partial charge is 0.457 e. The van der Waals surface area contributed by atoms with Crippen molar-refractivity contribution in [2.75, 3.05) is 7.05 Å². The highest BCUT2D eigenvalue weighted by Gasteiger charge is 2.00. The summed E-state index contributed by atoms with van der Waals surface area (Å²) in [6, 6.07) is 12.0. The number of aryl methyl sites for hydroxylation is 1. The van der Waals surface area contributed by atoms with E-state index in [2.05, 4.69) is 29.4 Å². The lowest BCUT2D eigenvalue weighted by molar-refractivity contribution is 0.480. The van der Waals surface area contributed by atoms with Gasteiger partial charge in [0.1, 0.15) is 11.5 Å². The van der Waals surface area contributed by atoms with Gasteiger partial charge in [-0.1, -0.05) is 19.1 Å². The standard InChI is InChI=1S/C15H18N2O/c1-3-12-5-4-6-14(9-12)18-15-7-8-17-13(10-15)11-16-2/h4-10,16H,3,11H2,1-2H3. The third-order valence-corrected chi connectivity index (χ3v) is 2.69. The maximum atomic E-state index is 5.84. The molecule has 0 fully saturated rings. The van der Waals surface area contributed by atoms with E-state index < -0.39 is 0 Å². The Balaban J connectivity index is 2.14. The summed E-state index contributed by atoms with van der Waals surface area (Å²) in [5.74, 6) is 1.69. The molecule has 2 aromatic rings. The van der Waals surface area contributed by atoms with Crippen molar-refractivity contribution in [3.63, 3.8) is 0 Å². The highest BCUT2D eigenvalue weighted by molar-refractivity contribution is 5.34. The molecule has 3 heteroatoms. The first-order valence-electron chi connectivity index (χ1n) is 6.18. The zero-order valence-electron chi connectivity index (χ0n) is 10.8. The molecular formula is C15H18N2O. The van der Waals surface area contributed by atoms with E-state index in [4.69, 9.17) is 4.74 Å². The lowest BCUT2D eigenvalue weighted by Crippen LogP contribution is -2.06. The molecule has 0 amide bonds. The molecule has 0 aliphatic rings. The molecule has 1 aromatic heterocycles. The van der Waals surface area contributed by atoms with Crippen LogP contribution in [0.25, 0.3) is 0 Å². The van der Waals surface area contributed by atoms with Crippen LogP contribution in [0.3, 0.4) is 0 Å². The van der Waals surface area contributed by atoms with Crippen LogP contribution in [0.4, 0.5) is 0 Å². The van der Waals surface area contributed by atoms with Gasteiger partial charge in [0, 0.05) is 18.8 Å². The zero-order valence-corrected chi connectivity index (χ0v) is 10.8. The van der Waals surface area contributed by atoms with Gasteiger partial charge >= 0.3 is 0 Å². The second kappa shape index (κ2) is 6.17. The van der Waals surface area contributed by atoms with Gasteiger partial charge in [0.25, 0.3) is 0 Å². The summed E-state index contributed by atoms with van der Waals surface area (Å²) < 4.78 is 5.84. The van der Waals surface area contributed by atoms with Crippen LogP contribution >= 0.6 is 0 Å². The van der Waals surface area contributed by atoms with Crippen LogP contribution in [0.5, 0.6) is 11.5 Å². The monoisotopic (exact) mass is 242 g/mol. The van der Waals surface area contributed by atoms with Crippen molar-refractivity contribution in [2.24, 2.45) is 0 Å². The molecule has 0 saturated heterocycles. The third kappa shape index (κ3) is 3.31. The van der Waals surface area contributed by atoms with Crippen molar-refractivity contribution < 1.29 is 4.74 Å². The van der Waals surface area contributed by atoms with Gasteiger partial charge in [0.05, 0.1) is 5.69 Å². The number of nitrogens with one attached hydrogen (secondary N) is 1. The van der Waals surface area contributed by atoms with Crippen LogP contribution in [-0.2, 0) is 13.0 Å². The van der Waals surface area contributed by atoms with Crippen LogP contribution in [0.15, 0.2) is 42.6 Å². The van der Waals surface area contributed by atoms with E-state index in [0.29, 0.717) is 0 Å². The van der Waals surface area contributed by atoms with Crippen molar-refractivity contribution in [3.8, 4) is 11.5 Å². The molecule has 1 aromatic carbocycles. The summed E-state index contributed by atoms with van der Waals surface area (Å²) in [6.07, 6.45) is 2.78. The number of hydrogen-bond donors (Lipinski definition) is 1. The molecule has 0 unspecified atom stereocenters. The summed E-state index contributed by atoms with van der Waals surface area (Å²) >= 11 is 0. The fourth-order valence-electron chi connectivity index (χ4n) is 1.76. The van der Waals surface area contributed by atoms with Crippen LogP contribution in [-0.4, -0.2) is 12.0 Å². The SMILES string of the molecule is CCc1cccc(Oc2ccnc(CNC)c2)c1. The molecule has 94 valence electrons. The van der Waals surface area contributed by atoms with Crippen molar-refractivity contribution >= 4 is 0 Å². The molecule has 2 rings (SSSR count). The van der Waals surface area contributed by atoms with Gasteiger partial charge in [-0.2, -0.15) is 0 Å². The van der Waals surface area contributed by atoms with Gasteiger partial charge in [-0.15, -0.1) is 0 Å². The Bertz CT molecular complexity index is 511. The number of benzene rings is 1. The molecular weight excluding hydrogens is 224 g/mol. The van der Waals surface area contributed by atoms with Gasteiger partial charge in [-0.05, 0) is 37.2 Å². The van der Waals surface area contributed by atoms with Crippen LogP contribution in [0, 0.1) is 0 Å². The number of nitrogens with zero attached hydrogens (tertiary/aromatic N) is 1. The Kier molecular flexibility index (Phi) is 4.31. The highest BCUT2D eigenvalue weighted by atomic mass is 16.5. The average Bonchev–Trinajstić information content (AvgIpc) is 2.40. The Hall–Kier alpha value is -1.87. The van der Waals surface area contributed by atoms with Crippen LogP contribution in [0.2, 0.25) is 0 Å². The second-order valence-corrected chi connectivity index (χ2v) is 4.12. The zero-order chi connectivity index (χ0) is 12.8. The number of hydrogen-bond acceptors (Lipinski definition) is 3. The molecule has 0 atom stereocenters. The first-order valence-corrected chi connectivity index (χ1v) is 6.18. The summed E-state index contributed by atoms with van der Waals surface area (Å²) in [5.41, 5.74) is 2.25. The molecule has 1 heterocycles.